The molecule has 5 nitrogen and oxygen atoms in total. The number of aliphatic hydroxyl groups excluding tert-OH is 2. The average molecular weight is 376 g/mol. The van der Waals surface area contributed by atoms with Gasteiger partial charge in [0.05, 0.1) is 11.8 Å². The van der Waals surface area contributed by atoms with E-state index in [0.29, 0.717) is 18.1 Å². The largest absolute Gasteiger partial charge is 0.411 e. The van der Waals surface area contributed by atoms with Gasteiger partial charge in [-0.2, -0.15) is 0 Å². The van der Waals surface area contributed by atoms with Gasteiger partial charge in [0.2, 0.25) is 0 Å². The molecule has 2 saturated carbocycles. The molecular formula is C22H33NO4. The number of aliphatic hydroxyl groups is 2. The van der Waals surface area contributed by atoms with E-state index in [0.717, 1.165) is 39.2 Å². The number of oxime groups is 1. The van der Waals surface area contributed by atoms with Gasteiger partial charge >= 0.3 is 0 Å². The van der Waals surface area contributed by atoms with Crippen LogP contribution in [0.25, 0.3) is 0 Å². The molecular weight excluding hydrogens is 342 g/mol. The monoisotopic (exact) mass is 375 g/mol. The SMILES string of the molecule is CC(=O)C1CC=C2C3=C/C(=N/O)C4CC(O)CCC4(C)C3CCC21C.CO. The number of hydrogen-bond acceptors (Lipinski definition) is 5. The van der Waals surface area contributed by atoms with E-state index in [1.807, 2.05) is 0 Å². The summed E-state index contributed by atoms with van der Waals surface area (Å²) in [6.07, 6.45) is 9.44. The molecule has 5 heteroatoms. The summed E-state index contributed by atoms with van der Waals surface area (Å²) in [4.78, 5) is 12.2. The molecule has 0 aromatic carbocycles. The quantitative estimate of drug-likeness (QED) is 0.483. The molecule has 4 rings (SSSR count). The summed E-state index contributed by atoms with van der Waals surface area (Å²) in [6, 6.07) is 0. The molecule has 3 N–H and O–H groups in total. The highest BCUT2D eigenvalue weighted by Crippen LogP contribution is 2.63. The smallest absolute Gasteiger partial charge is 0.134 e. The van der Waals surface area contributed by atoms with Gasteiger partial charge < -0.3 is 15.4 Å². The average Bonchev–Trinajstić information content (AvgIpc) is 3.01. The lowest BCUT2D eigenvalue weighted by atomic mass is 9.48. The predicted molar refractivity (Wildman–Crippen MR) is 105 cm³/mol. The second-order valence-corrected chi connectivity index (χ2v) is 9.14. The van der Waals surface area contributed by atoms with Gasteiger partial charge in [0.15, 0.2) is 0 Å². The standard InChI is InChI=1S/C21H29NO3.CH4O/c1-12(23)15-4-5-16-14-11-19(22-25)18-10-13(24)6-8-21(18,3)17(14)7-9-20(15,16)2;1-2/h5,11,13,15,17-18,24-25H,4,6-10H2,1-3H3;2H,1H3/b22-19-;. The summed E-state index contributed by atoms with van der Waals surface area (Å²) in [5, 5.41) is 30.4. The Morgan fingerprint density at radius 1 is 1.19 bits per heavy atom. The molecule has 0 aromatic heterocycles. The number of ketones is 1. The van der Waals surface area contributed by atoms with Crippen molar-refractivity contribution < 1.29 is 20.2 Å². The van der Waals surface area contributed by atoms with E-state index in [9.17, 15) is 15.1 Å². The zero-order valence-corrected chi connectivity index (χ0v) is 16.9. The van der Waals surface area contributed by atoms with Crippen LogP contribution >= 0.6 is 0 Å². The molecule has 150 valence electrons. The number of carbonyl (C=O) groups excluding carboxylic acids is 1. The molecule has 0 amide bonds. The predicted octanol–water partition coefficient (Wildman–Crippen LogP) is 3.48. The molecule has 0 spiro atoms. The highest BCUT2D eigenvalue weighted by atomic mass is 16.4. The number of fused-ring (bicyclic) bond motifs is 5. The molecule has 0 bridgehead atoms. The van der Waals surface area contributed by atoms with Crippen LogP contribution in [0.4, 0.5) is 0 Å². The minimum atomic E-state index is -0.300. The second kappa shape index (κ2) is 7.17. The summed E-state index contributed by atoms with van der Waals surface area (Å²) >= 11 is 0. The van der Waals surface area contributed by atoms with E-state index in [2.05, 4.69) is 31.2 Å². The Morgan fingerprint density at radius 3 is 2.52 bits per heavy atom. The van der Waals surface area contributed by atoms with E-state index in [-0.39, 0.29) is 34.6 Å². The molecule has 4 aliphatic carbocycles. The van der Waals surface area contributed by atoms with Crippen LogP contribution in [0.2, 0.25) is 0 Å². The van der Waals surface area contributed by atoms with Gasteiger partial charge in [-0.15, -0.1) is 0 Å². The van der Waals surface area contributed by atoms with E-state index in [1.165, 1.54) is 11.1 Å². The maximum atomic E-state index is 12.2. The van der Waals surface area contributed by atoms with Gasteiger partial charge in [-0.05, 0) is 74.0 Å². The van der Waals surface area contributed by atoms with Gasteiger partial charge in [-0.1, -0.05) is 25.1 Å². The number of allylic oxidation sites excluding steroid dienone is 4. The Labute approximate surface area is 161 Å². The first-order valence-electron chi connectivity index (χ1n) is 10.1. The van der Waals surface area contributed by atoms with Crippen molar-refractivity contribution in [3.63, 3.8) is 0 Å². The Bertz CT molecular complexity index is 709. The van der Waals surface area contributed by atoms with Gasteiger partial charge in [-0.3, -0.25) is 4.79 Å². The van der Waals surface area contributed by atoms with Crippen LogP contribution in [0.1, 0.15) is 59.3 Å². The molecule has 2 fully saturated rings. The van der Waals surface area contributed by atoms with Crippen LogP contribution in [0.15, 0.2) is 28.5 Å². The van der Waals surface area contributed by atoms with Crippen LogP contribution in [0.3, 0.4) is 0 Å². The lowest BCUT2D eigenvalue weighted by Gasteiger charge is -2.55. The molecule has 6 unspecified atom stereocenters. The maximum Gasteiger partial charge on any atom is 0.134 e. The Balaban J connectivity index is 0.00000102. The fourth-order valence-electron chi connectivity index (χ4n) is 6.48. The lowest BCUT2D eigenvalue weighted by molar-refractivity contribution is -0.123. The third kappa shape index (κ3) is 2.90. The molecule has 0 aliphatic heterocycles. The fourth-order valence-corrected chi connectivity index (χ4v) is 6.48. The van der Waals surface area contributed by atoms with Crippen LogP contribution in [0.5, 0.6) is 0 Å². The number of hydrogen-bond donors (Lipinski definition) is 3. The first kappa shape index (κ1) is 20.3. The molecule has 0 radical (unpaired) electrons. The zero-order valence-electron chi connectivity index (χ0n) is 16.9. The van der Waals surface area contributed by atoms with Gasteiger partial charge in [0.25, 0.3) is 0 Å². The van der Waals surface area contributed by atoms with Crippen molar-refractivity contribution >= 4 is 11.5 Å². The van der Waals surface area contributed by atoms with E-state index in [4.69, 9.17) is 5.11 Å². The Kier molecular flexibility index (Phi) is 5.39. The van der Waals surface area contributed by atoms with Crippen molar-refractivity contribution in [1.29, 1.82) is 0 Å². The highest BCUT2D eigenvalue weighted by Gasteiger charge is 2.57. The minimum Gasteiger partial charge on any atom is -0.411 e. The third-order valence-electron chi connectivity index (χ3n) is 7.96. The zero-order chi connectivity index (χ0) is 20.0. The van der Waals surface area contributed by atoms with Crippen LogP contribution in [-0.2, 0) is 4.79 Å². The lowest BCUT2D eigenvalue weighted by Crippen LogP contribution is -2.51. The molecule has 0 saturated heterocycles. The molecule has 27 heavy (non-hydrogen) atoms. The molecule has 4 aliphatic rings. The maximum absolute atomic E-state index is 12.2. The van der Waals surface area contributed by atoms with Crippen molar-refractivity contribution in [2.45, 2.75) is 65.4 Å². The minimum absolute atomic E-state index is 0.0291. The van der Waals surface area contributed by atoms with E-state index in [1.54, 1.807) is 6.92 Å². The van der Waals surface area contributed by atoms with Gasteiger partial charge in [-0.25, -0.2) is 0 Å². The van der Waals surface area contributed by atoms with Crippen molar-refractivity contribution in [2.24, 2.45) is 33.7 Å². The molecule has 0 aromatic rings. The van der Waals surface area contributed by atoms with Gasteiger partial charge in [0, 0.05) is 24.4 Å². The Morgan fingerprint density at radius 2 is 1.89 bits per heavy atom. The van der Waals surface area contributed by atoms with Crippen molar-refractivity contribution in [3.05, 3.63) is 23.3 Å². The summed E-state index contributed by atoms with van der Waals surface area (Å²) in [7, 11) is 1.00. The van der Waals surface area contributed by atoms with Crippen molar-refractivity contribution in [3.8, 4) is 0 Å². The van der Waals surface area contributed by atoms with E-state index >= 15 is 0 Å². The fraction of sp³-hybridized carbons (Fsp3) is 0.727. The van der Waals surface area contributed by atoms with Crippen LogP contribution in [0, 0.1) is 28.6 Å². The van der Waals surface area contributed by atoms with Crippen molar-refractivity contribution in [2.75, 3.05) is 7.11 Å². The summed E-state index contributed by atoms with van der Waals surface area (Å²) in [6.45, 7) is 6.27. The Hall–Kier alpha value is -1.46. The second-order valence-electron chi connectivity index (χ2n) is 9.14. The summed E-state index contributed by atoms with van der Waals surface area (Å²) in [5.74, 6) is 0.910. The number of carbonyl (C=O) groups is 1. The van der Waals surface area contributed by atoms with Crippen LogP contribution in [-0.4, -0.2) is 40.1 Å². The number of Topliss-reactive ketones (excluding diaryl/α,β-unsaturated/α-hetero) is 1. The first-order valence-corrected chi connectivity index (χ1v) is 10.1. The van der Waals surface area contributed by atoms with E-state index < -0.39 is 0 Å². The molecule has 0 heterocycles. The first-order chi connectivity index (χ1) is 12.8. The normalized spacial score (nSPS) is 44.1. The van der Waals surface area contributed by atoms with Gasteiger partial charge in [0.1, 0.15) is 5.78 Å². The molecule has 6 atom stereocenters. The summed E-state index contributed by atoms with van der Waals surface area (Å²) in [5.41, 5.74) is 3.27. The number of rotatable bonds is 1. The van der Waals surface area contributed by atoms with Crippen molar-refractivity contribution in [1.82, 2.24) is 0 Å². The topological polar surface area (TPSA) is 90.1 Å². The third-order valence-corrected chi connectivity index (χ3v) is 7.96. The highest BCUT2D eigenvalue weighted by molar-refractivity contribution is 6.00. The van der Waals surface area contributed by atoms with Crippen LogP contribution < -0.4 is 0 Å². The number of nitrogens with zero attached hydrogens (tertiary/aromatic N) is 1. The summed E-state index contributed by atoms with van der Waals surface area (Å²) < 4.78 is 0.